The highest BCUT2D eigenvalue weighted by Crippen LogP contribution is 2.14. The molecule has 1 heterocycles. The summed E-state index contributed by atoms with van der Waals surface area (Å²) in [7, 11) is 0. The topological polar surface area (TPSA) is 54.0 Å². The average Bonchev–Trinajstić information content (AvgIpc) is 2.63. The highest BCUT2D eigenvalue weighted by atomic mass is 35.5. The predicted octanol–water partition coefficient (Wildman–Crippen LogP) is 4.78. The largest absolute Gasteiger partial charge is 0.383 e. The van der Waals surface area contributed by atoms with Crippen LogP contribution in [0.1, 0.15) is 15.9 Å². The molecule has 0 aliphatic heterocycles. The highest BCUT2D eigenvalue weighted by molar-refractivity contribution is 6.30. The normalized spacial score (nSPS) is 10.4. The lowest BCUT2D eigenvalue weighted by atomic mass is 10.1. The monoisotopic (exact) mass is 369 g/mol. The van der Waals surface area contributed by atoms with Gasteiger partial charge in [0.05, 0.1) is 17.4 Å². The van der Waals surface area contributed by atoms with Gasteiger partial charge < -0.3 is 10.6 Å². The van der Waals surface area contributed by atoms with Gasteiger partial charge >= 0.3 is 0 Å². The van der Waals surface area contributed by atoms with E-state index < -0.39 is 11.7 Å². The van der Waals surface area contributed by atoms with Gasteiger partial charge in [0.2, 0.25) is 0 Å². The fraction of sp³-hybridized carbons (Fsp3) is 0.100. The van der Waals surface area contributed by atoms with Crippen LogP contribution in [0.3, 0.4) is 0 Å². The van der Waals surface area contributed by atoms with Gasteiger partial charge in [-0.2, -0.15) is 0 Å². The molecule has 0 saturated carbocycles. The van der Waals surface area contributed by atoms with Gasteiger partial charge in [0.25, 0.3) is 5.91 Å². The molecule has 0 spiro atoms. The molecule has 132 valence electrons. The zero-order chi connectivity index (χ0) is 18.4. The van der Waals surface area contributed by atoms with Gasteiger partial charge in [-0.25, -0.2) is 9.37 Å². The minimum Gasteiger partial charge on any atom is -0.383 e. The Morgan fingerprint density at radius 2 is 1.92 bits per heavy atom. The number of halogens is 2. The second-order valence-corrected chi connectivity index (χ2v) is 6.11. The lowest BCUT2D eigenvalue weighted by Crippen LogP contribution is -2.14. The van der Waals surface area contributed by atoms with Crippen molar-refractivity contribution in [3.63, 3.8) is 0 Å². The zero-order valence-corrected chi connectivity index (χ0v) is 14.6. The van der Waals surface area contributed by atoms with Crippen LogP contribution in [-0.2, 0) is 6.42 Å². The van der Waals surface area contributed by atoms with E-state index in [0.717, 1.165) is 29.2 Å². The minimum absolute atomic E-state index is 0.0157. The Labute approximate surface area is 156 Å². The van der Waals surface area contributed by atoms with E-state index in [4.69, 9.17) is 11.6 Å². The van der Waals surface area contributed by atoms with E-state index in [1.165, 1.54) is 18.2 Å². The molecule has 3 rings (SSSR count). The van der Waals surface area contributed by atoms with Crippen LogP contribution in [0.5, 0.6) is 0 Å². The molecular formula is C20H17ClFN3O. The van der Waals surface area contributed by atoms with Crippen molar-refractivity contribution in [3.8, 4) is 0 Å². The van der Waals surface area contributed by atoms with Crippen molar-refractivity contribution in [3.05, 3.63) is 88.8 Å². The first-order valence-corrected chi connectivity index (χ1v) is 8.50. The van der Waals surface area contributed by atoms with Crippen LogP contribution >= 0.6 is 11.6 Å². The zero-order valence-electron chi connectivity index (χ0n) is 13.9. The van der Waals surface area contributed by atoms with Gasteiger partial charge in [-0.3, -0.25) is 4.79 Å². The van der Waals surface area contributed by atoms with Crippen LogP contribution in [0.15, 0.2) is 66.9 Å². The number of anilines is 2. The minimum atomic E-state index is -0.565. The third kappa shape index (κ3) is 4.80. The Balaban J connectivity index is 1.53. The maximum Gasteiger partial charge on any atom is 0.259 e. The van der Waals surface area contributed by atoms with Gasteiger partial charge in [-0.15, -0.1) is 0 Å². The fourth-order valence-electron chi connectivity index (χ4n) is 2.45. The lowest BCUT2D eigenvalue weighted by molar-refractivity contribution is 0.102. The molecule has 0 aliphatic carbocycles. The van der Waals surface area contributed by atoms with E-state index in [1.54, 1.807) is 18.3 Å². The molecule has 0 atom stereocenters. The van der Waals surface area contributed by atoms with Crippen LogP contribution in [0.25, 0.3) is 0 Å². The molecule has 1 aromatic heterocycles. The number of nitrogens with zero attached hydrogens (tertiary/aromatic N) is 1. The molecular weight excluding hydrogens is 353 g/mol. The van der Waals surface area contributed by atoms with Gasteiger partial charge in [0.15, 0.2) is 0 Å². The highest BCUT2D eigenvalue weighted by Gasteiger charge is 2.11. The number of hydrogen-bond acceptors (Lipinski definition) is 3. The number of hydrogen-bond donors (Lipinski definition) is 2. The SMILES string of the molecule is O=C(Nc1ccc(NCCc2cccc(Cl)c2)cn1)c1ccccc1F. The number of nitrogens with one attached hydrogen (secondary N) is 2. The Morgan fingerprint density at radius 3 is 2.65 bits per heavy atom. The fourth-order valence-corrected chi connectivity index (χ4v) is 2.66. The van der Waals surface area contributed by atoms with Crippen molar-refractivity contribution in [2.24, 2.45) is 0 Å². The summed E-state index contributed by atoms with van der Waals surface area (Å²) in [5.74, 6) is -0.736. The van der Waals surface area contributed by atoms with E-state index in [0.29, 0.717) is 5.82 Å². The van der Waals surface area contributed by atoms with Crippen molar-refractivity contribution in [2.45, 2.75) is 6.42 Å². The van der Waals surface area contributed by atoms with E-state index >= 15 is 0 Å². The second kappa shape index (κ2) is 8.45. The van der Waals surface area contributed by atoms with Crippen molar-refractivity contribution >= 4 is 29.0 Å². The Hall–Kier alpha value is -2.92. The molecule has 1 amide bonds. The van der Waals surface area contributed by atoms with Crippen LogP contribution in [0.2, 0.25) is 5.02 Å². The quantitative estimate of drug-likeness (QED) is 0.657. The third-order valence-corrected chi connectivity index (χ3v) is 3.99. The van der Waals surface area contributed by atoms with Crippen LogP contribution in [-0.4, -0.2) is 17.4 Å². The second-order valence-electron chi connectivity index (χ2n) is 5.67. The van der Waals surface area contributed by atoms with E-state index in [2.05, 4.69) is 15.6 Å². The molecule has 0 fully saturated rings. The van der Waals surface area contributed by atoms with Crippen LogP contribution in [0.4, 0.5) is 15.9 Å². The lowest BCUT2D eigenvalue weighted by Gasteiger charge is -2.08. The maximum absolute atomic E-state index is 13.6. The van der Waals surface area contributed by atoms with Crippen molar-refractivity contribution in [2.75, 3.05) is 17.2 Å². The molecule has 4 nitrogen and oxygen atoms in total. The first-order valence-electron chi connectivity index (χ1n) is 8.12. The van der Waals surface area contributed by atoms with Crippen molar-refractivity contribution in [1.29, 1.82) is 0 Å². The number of aromatic nitrogens is 1. The Bertz CT molecular complexity index is 900. The number of pyridine rings is 1. The number of carbonyl (C=O) groups is 1. The summed E-state index contributed by atoms with van der Waals surface area (Å²) in [4.78, 5) is 16.2. The predicted molar refractivity (Wildman–Crippen MR) is 102 cm³/mol. The molecule has 26 heavy (non-hydrogen) atoms. The van der Waals surface area contributed by atoms with E-state index in [1.807, 2.05) is 30.3 Å². The Kier molecular flexibility index (Phi) is 5.81. The van der Waals surface area contributed by atoms with Crippen molar-refractivity contribution < 1.29 is 9.18 Å². The molecule has 0 radical (unpaired) electrons. The summed E-state index contributed by atoms with van der Waals surface area (Å²) in [5, 5.41) is 6.56. The van der Waals surface area contributed by atoms with Gasteiger partial charge in [-0.05, 0) is 48.4 Å². The first kappa shape index (κ1) is 17.9. The van der Waals surface area contributed by atoms with Crippen molar-refractivity contribution in [1.82, 2.24) is 4.98 Å². The first-order chi connectivity index (χ1) is 12.6. The average molecular weight is 370 g/mol. The standard InChI is InChI=1S/C20H17ClFN3O/c21-15-5-3-4-14(12-15)10-11-23-16-8-9-19(24-13-16)25-20(26)17-6-1-2-7-18(17)22/h1-9,12-13,23H,10-11H2,(H,24,25,26). The maximum atomic E-state index is 13.6. The number of rotatable bonds is 6. The summed E-state index contributed by atoms with van der Waals surface area (Å²) in [6.07, 6.45) is 2.45. The summed E-state index contributed by atoms with van der Waals surface area (Å²) in [6.45, 7) is 0.725. The van der Waals surface area contributed by atoms with E-state index in [-0.39, 0.29) is 5.56 Å². The van der Waals surface area contributed by atoms with Crippen LogP contribution < -0.4 is 10.6 Å². The molecule has 2 N–H and O–H groups in total. The smallest absolute Gasteiger partial charge is 0.259 e. The molecule has 3 aromatic rings. The molecule has 0 saturated heterocycles. The van der Waals surface area contributed by atoms with Gasteiger partial charge in [0, 0.05) is 11.6 Å². The molecule has 6 heteroatoms. The Morgan fingerprint density at radius 1 is 1.08 bits per heavy atom. The summed E-state index contributed by atoms with van der Waals surface area (Å²) in [6, 6.07) is 17.0. The van der Waals surface area contributed by atoms with Crippen LogP contribution in [0, 0.1) is 5.82 Å². The summed E-state index contributed by atoms with van der Waals surface area (Å²) >= 11 is 5.97. The molecule has 0 unspecified atom stereocenters. The number of amides is 1. The number of benzene rings is 2. The molecule has 0 aliphatic rings. The molecule has 2 aromatic carbocycles. The summed E-state index contributed by atoms with van der Waals surface area (Å²) in [5.41, 5.74) is 1.96. The van der Waals surface area contributed by atoms with Gasteiger partial charge in [0.1, 0.15) is 11.6 Å². The van der Waals surface area contributed by atoms with Gasteiger partial charge in [-0.1, -0.05) is 35.9 Å². The third-order valence-electron chi connectivity index (χ3n) is 3.76. The van der Waals surface area contributed by atoms with E-state index in [9.17, 15) is 9.18 Å². The molecule has 0 bridgehead atoms. The summed E-state index contributed by atoms with van der Waals surface area (Å²) < 4.78 is 13.6. The number of carbonyl (C=O) groups excluding carboxylic acids is 1.